The van der Waals surface area contributed by atoms with Gasteiger partial charge in [0.15, 0.2) is 0 Å². The molecule has 0 fully saturated rings. The molecule has 0 saturated carbocycles. The number of para-hydroxylation sites is 1. The standard InChI is InChI=1S/C14H21NO3/c1-14(2,3)10-7-5-6-8-12(10)18-9-11(15-4)13(16)17/h5-8,11,15H,9H2,1-4H3,(H,16,17). The van der Waals surface area contributed by atoms with E-state index in [4.69, 9.17) is 9.84 Å². The maximum absolute atomic E-state index is 10.9. The van der Waals surface area contributed by atoms with Crippen molar-refractivity contribution in [3.8, 4) is 5.75 Å². The predicted molar refractivity (Wildman–Crippen MR) is 71.1 cm³/mol. The monoisotopic (exact) mass is 251 g/mol. The van der Waals surface area contributed by atoms with Crippen LogP contribution >= 0.6 is 0 Å². The van der Waals surface area contributed by atoms with Crippen molar-refractivity contribution in [3.63, 3.8) is 0 Å². The lowest BCUT2D eigenvalue weighted by Gasteiger charge is -2.23. The normalized spacial score (nSPS) is 13.1. The Hall–Kier alpha value is -1.55. The van der Waals surface area contributed by atoms with Crippen LogP contribution in [0.1, 0.15) is 26.3 Å². The average Bonchev–Trinajstić information content (AvgIpc) is 2.28. The molecule has 1 aromatic carbocycles. The van der Waals surface area contributed by atoms with E-state index in [-0.39, 0.29) is 12.0 Å². The number of carboxylic acid groups (broad SMARTS) is 1. The van der Waals surface area contributed by atoms with E-state index >= 15 is 0 Å². The SMILES string of the molecule is CNC(COc1ccccc1C(C)(C)C)C(=O)O. The van der Waals surface area contributed by atoms with Gasteiger partial charge in [0.1, 0.15) is 18.4 Å². The molecule has 0 heterocycles. The molecule has 18 heavy (non-hydrogen) atoms. The van der Waals surface area contributed by atoms with Gasteiger partial charge in [0.05, 0.1) is 0 Å². The molecule has 1 atom stereocenters. The first kappa shape index (κ1) is 14.5. The van der Waals surface area contributed by atoms with Gasteiger partial charge in [0.2, 0.25) is 0 Å². The number of nitrogens with one attached hydrogen (secondary N) is 1. The zero-order chi connectivity index (χ0) is 13.8. The molecule has 4 heteroatoms. The topological polar surface area (TPSA) is 58.6 Å². The maximum Gasteiger partial charge on any atom is 0.324 e. The first-order valence-corrected chi connectivity index (χ1v) is 5.98. The third-order valence-corrected chi connectivity index (χ3v) is 2.75. The van der Waals surface area contributed by atoms with E-state index in [2.05, 4.69) is 26.1 Å². The van der Waals surface area contributed by atoms with Gasteiger partial charge < -0.3 is 15.2 Å². The van der Waals surface area contributed by atoms with Crippen LogP contribution in [0.4, 0.5) is 0 Å². The second-order valence-corrected chi connectivity index (χ2v) is 5.24. The summed E-state index contributed by atoms with van der Waals surface area (Å²) in [6, 6.07) is 7.03. The van der Waals surface area contributed by atoms with Crippen LogP contribution in [-0.4, -0.2) is 30.8 Å². The van der Waals surface area contributed by atoms with Gasteiger partial charge >= 0.3 is 5.97 Å². The van der Waals surface area contributed by atoms with Gasteiger partial charge in [-0.05, 0) is 24.1 Å². The van der Waals surface area contributed by atoms with Gasteiger partial charge in [-0.15, -0.1) is 0 Å². The number of rotatable bonds is 5. The van der Waals surface area contributed by atoms with Crippen LogP contribution < -0.4 is 10.1 Å². The first-order valence-electron chi connectivity index (χ1n) is 5.98. The van der Waals surface area contributed by atoms with Crippen LogP contribution in [0.15, 0.2) is 24.3 Å². The van der Waals surface area contributed by atoms with Gasteiger partial charge in [-0.1, -0.05) is 39.0 Å². The summed E-state index contributed by atoms with van der Waals surface area (Å²) in [5.74, 6) is -0.169. The highest BCUT2D eigenvalue weighted by Crippen LogP contribution is 2.30. The van der Waals surface area contributed by atoms with E-state index in [1.165, 1.54) is 0 Å². The van der Waals surface area contributed by atoms with Crippen molar-refractivity contribution in [2.75, 3.05) is 13.7 Å². The summed E-state index contributed by atoms with van der Waals surface area (Å²) < 4.78 is 5.63. The molecule has 0 aliphatic heterocycles. The summed E-state index contributed by atoms with van der Waals surface area (Å²) >= 11 is 0. The van der Waals surface area contributed by atoms with Gasteiger partial charge in [-0.3, -0.25) is 4.79 Å². The number of hydrogen-bond acceptors (Lipinski definition) is 3. The van der Waals surface area contributed by atoms with Crippen molar-refractivity contribution >= 4 is 5.97 Å². The molecule has 4 nitrogen and oxygen atoms in total. The zero-order valence-corrected chi connectivity index (χ0v) is 11.4. The smallest absolute Gasteiger partial charge is 0.324 e. The van der Waals surface area contributed by atoms with Crippen LogP contribution in [-0.2, 0) is 10.2 Å². The fourth-order valence-electron chi connectivity index (χ4n) is 1.66. The number of carboxylic acids is 1. The van der Waals surface area contributed by atoms with Crippen LogP contribution in [0.2, 0.25) is 0 Å². The molecule has 0 aliphatic carbocycles. The van der Waals surface area contributed by atoms with Crippen molar-refractivity contribution in [3.05, 3.63) is 29.8 Å². The Kier molecular flexibility index (Phi) is 4.73. The Labute approximate surface area is 108 Å². The lowest BCUT2D eigenvalue weighted by molar-refractivity contribution is -0.140. The van der Waals surface area contributed by atoms with E-state index in [1.54, 1.807) is 7.05 Å². The molecule has 0 radical (unpaired) electrons. The van der Waals surface area contributed by atoms with Crippen molar-refractivity contribution in [1.29, 1.82) is 0 Å². The molecular formula is C14H21NO3. The Bertz CT molecular complexity index is 410. The summed E-state index contributed by atoms with van der Waals surface area (Å²) in [6.45, 7) is 6.41. The quantitative estimate of drug-likeness (QED) is 0.840. The van der Waals surface area contributed by atoms with E-state index in [0.29, 0.717) is 0 Å². The lowest BCUT2D eigenvalue weighted by Crippen LogP contribution is -2.39. The molecule has 100 valence electrons. The molecular weight excluding hydrogens is 230 g/mol. The third kappa shape index (κ3) is 3.74. The van der Waals surface area contributed by atoms with Crippen molar-refractivity contribution in [2.24, 2.45) is 0 Å². The van der Waals surface area contributed by atoms with Crippen molar-refractivity contribution < 1.29 is 14.6 Å². The molecule has 0 saturated heterocycles. The molecule has 1 unspecified atom stereocenters. The molecule has 2 N–H and O–H groups in total. The van der Waals surface area contributed by atoms with Crippen LogP contribution in [0.5, 0.6) is 5.75 Å². The number of benzene rings is 1. The van der Waals surface area contributed by atoms with Gasteiger partial charge in [0, 0.05) is 0 Å². The highest BCUT2D eigenvalue weighted by Gasteiger charge is 2.20. The van der Waals surface area contributed by atoms with E-state index in [1.807, 2.05) is 24.3 Å². The highest BCUT2D eigenvalue weighted by molar-refractivity contribution is 5.73. The van der Waals surface area contributed by atoms with Crippen LogP contribution in [0.3, 0.4) is 0 Å². The Morgan fingerprint density at radius 2 is 2.00 bits per heavy atom. The van der Waals surface area contributed by atoms with Crippen molar-refractivity contribution in [1.82, 2.24) is 5.32 Å². The number of ether oxygens (including phenoxy) is 1. The van der Waals surface area contributed by atoms with Crippen molar-refractivity contribution in [2.45, 2.75) is 32.2 Å². The fraction of sp³-hybridized carbons (Fsp3) is 0.500. The number of carbonyl (C=O) groups is 1. The summed E-state index contributed by atoms with van der Waals surface area (Å²) in [6.07, 6.45) is 0. The molecule has 0 spiro atoms. The van der Waals surface area contributed by atoms with E-state index in [9.17, 15) is 4.79 Å². The minimum Gasteiger partial charge on any atom is -0.491 e. The highest BCUT2D eigenvalue weighted by atomic mass is 16.5. The van der Waals surface area contributed by atoms with Crippen LogP contribution in [0.25, 0.3) is 0 Å². The second-order valence-electron chi connectivity index (χ2n) is 5.24. The molecule has 0 bridgehead atoms. The summed E-state index contributed by atoms with van der Waals surface area (Å²) in [4.78, 5) is 10.9. The zero-order valence-electron chi connectivity index (χ0n) is 11.4. The summed E-state index contributed by atoms with van der Waals surface area (Å²) in [5.41, 5.74) is 1.04. The number of likely N-dealkylation sites (N-methyl/N-ethyl adjacent to an activating group) is 1. The second kappa shape index (κ2) is 5.87. The van der Waals surface area contributed by atoms with Gasteiger partial charge in [-0.25, -0.2) is 0 Å². The van der Waals surface area contributed by atoms with Gasteiger partial charge in [-0.2, -0.15) is 0 Å². The minimum absolute atomic E-state index is 0.0328. The summed E-state index contributed by atoms with van der Waals surface area (Å²) in [7, 11) is 1.61. The predicted octanol–water partition coefficient (Wildman–Crippen LogP) is 2.04. The maximum atomic E-state index is 10.9. The van der Waals surface area contributed by atoms with Crippen LogP contribution in [0, 0.1) is 0 Å². The minimum atomic E-state index is -0.911. The lowest BCUT2D eigenvalue weighted by atomic mass is 9.86. The van der Waals surface area contributed by atoms with Gasteiger partial charge in [0.25, 0.3) is 0 Å². The number of hydrogen-bond donors (Lipinski definition) is 2. The molecule has 0 aliphatic rings. The van der Waals surface area contributed by atoms with E-state index in [0.717, 1.165) is 11.3 Å². The molecule has 0 amide bonds. The average molecular weight is 251 g/mol. The number of aliphatic carboxylic acids is 1. The molecule has 1 aromatic rings. The third-order valence-electron chi connectivity index (χ3n) is 2.75. The Morgan fingerprint density at radius 3 is 2.50 bits per heavy atom. The molecule has 0 aromatic heterocycles. The molecule has 1 rings (SSSR count). The first-order chi connectivity index (χ1) is 8.36. The Balaban J connectivity index is 2.82. The summed E-state index contributed by atoms with van der Waals surface area (Å²) in [5, 5.41) is 11.6. The Morgan fingerprint density at radius 1 is 1.39 bits per heavy atom. The largest absolute Gasteiger partial charge is 0.491 e. The fourth-order valence-corrected chi connectivity index (χ4v) is 1.66. The van der Waals surface area contributed by atoms with E-state index < -0.39 is 12.0 Å².